The highest BCUT2D eigenvalue weighted by atomic mass is 79.9. The molecule has 3 rings (SSSR count). The monoisotopic (exact) mass is 395 g/mol. The van der Waals surface area contributed by atoms with Crippen molar-refractivity contribution >= 4 is 39.1 Å². The number of thiophene rings is 1. The SMILES string of the molecule is COc1cc(C(=O)N2Cc3ccccc3C(C(=O)O)C2)sc1Br. The molecule has 0 saturated carbocycles. The first kappa shape index (κ1) is 16.0. The topological polar surface area (TPSA) is 66.8 Å². The fourth-order valence-electron chi connectivity index (χ4n) is 2.73. The first-order chi connectivity index (χ1) is 11.0. The average molecular weight is 396 g/mol. The zero-order chi connectivity index (χ0) is 16.6. The molecule has 0 radical (unpaired) electrons. The van der Waals surface area contributed by atoms with Crippen molar-refractivity contribution in [2.45, 2.75) is 12.5 Å². The van der Waals surface area contributed by atoms with Gasteiger partial charge in [0.25, 0.3) is 5.91 Å². The van der Waals surface area contributed by atoms with Gasteiger partial charge in [0, 0.05) is 19.2 Å². The van der Waals surface area contributed by atoms with E-state index in [9.17, 15) is 14.7 Å². The van der Waals surface area contributed by atoms with Gasteiger partial charge in [0.1, 0.15) is 9.54 Å². The maximum absolute atomic E-state index is 12.7. The predicted molar refractivity (Wildman–Crippen MR) is 90.1 cm³/mol. The molecule has 1 N–H and O–H groups in total. The first-order valence-corrected chi connectivity index (χ1v) is 8.55. The van der Waals surface area contributed by atoms with E-state index in [0.717, 1.165) is 14.9 Å². The minimum Gasteiger partial charge on any atom is -0.495 e. The molecule has 1 aromatic carbocycles. The summed E-state index contributed by atoms with van der Waals surface area (Å²) < 4.78 is 5.92. The molecule has 2 aromatic rings. The summed E-state index contributed by atoms with van der Waals surface area (Å²) in [5, 5.41) is 9.48. The number of aliphatic carboxylic acids is 1. The molecule has 0 bridgehead atoms. The predicted octanol–water partition coefficient (Wildman–Crippen LogP) is 3.34. The van der Waals surface area contributed by atoms with Gasteiger partial charge in [0.15, 0.2) is 0 Å². The summed E-state index contributed by atoms with van der Waals surface area (Å²) in [5.41, 5.74) is 1.66. The van der Waals surface area contributed by atoms with Crippen LogP contribution in [0.25, 0.3) is 0 Å². The fraction of sp³-hybridized carbons (Fsp3) is 0.250. The Morgan fingerprint density at radius 2 is 2.13 bits per heavy atom. The van der Waals surface area contributed by atoms with E-state index in [4.69, 9.17) is 4.74 Å². The van der Waals surface area contributed by atoms with E-state index in [-0.39, 0.29) is 12.5 Å². The van der Waals surface area contributed by atoms with Gasteiger partial charge in [0.05, 0.1) is 17.9 Å². The molecule has 0 saturated heterocycles. The number of hydrogen-bond donors (Lipinski definition) is 1. The van der Waals surface area contributed by atoms with Gasteiger partial charge in [-0.2, -0.15) is 0 Å². The second kappa shape index (κ2) is 6.33. The quantitative estimate of drug-likeness (QED) is 0.864. The second-order valence-electron chi connectivity index (χ2n) is 5.23. The number of carboxylic acids is 1. The number of carbonyl (C=O) groups is 2. The lowest BCUT2D eigenvalue weighted by Crippen LogP contribution is -2.40. The van der Waals surface area contributed by atoms with Crippen molar-refractivity contribution in [2.24, 2.45) is 0 Å². The van der Waals surface area contributed by atoms with Crippen LogP contribution in [-0.2, 0) is 11.3 Å². The summed E-state index contributed by atoms with van der Waals surface area (Å²) >= 11 is 4.64. The number of fused-ring (bicyclic) bond motifs is 1. The largest absolute Gasteiger partial charge is 0.495 e. The van der Waals surface area contributed by atoms with E-state index in [1.165, 1.54) is 11.3 Å². The Morgan fingerprint density at radius 1 is 1.39 bits per heavy atom. The number of nitrogens with zero attached hydrogens (tertiary/aromatic N) is 1. The molecular formula is C16H14BrNO4S. The summed E-state index contributed by atoms with van der Waals surface area (Å²) in [6.45, 7) is 0.583. The first-order valence-electron chi connectivity index (χ1n) is 6.94. The van der Waals surface area contributed by atoms with Crippen molar-refractivity contribution in [1.29, 1.82) is 0 Å². The fourth-order valence-corrected chi connectivity index (χ4v) is 4.34. The zero-order valence-electron chi connectivity index (χ0n) is 12.3. The third kappa shape index (κ3) is 2.98. The van der Waals surface area contributed by atoms with Gasteiger partial charge in [-0.05, 0) is 27.1 Å². The summed E-state index contributed by atoms with van der Waals surface area (Å²) in [7, 11) is 1.54. The maximum Gasteiger partial charge on any atom is 0.312 e. The molecule has 23 heavy (non-hydrogen) atoms. The van der Waals surface area contributed by atoms with E-state index >= 15 is 0 Å². The average Bonchev–Trinajstić information content (AvgIpc) is 2.93. The Labute approximate surface area is 145 Å². The minimum atomic E-state index is -0.917. The van der Waals surface area contributed by atoms with Crippen molar-refractivity contribution in [1.82, 2.24) is 4.90 Å². The van der Waals surface area contributed by atoms with Crippen molar-refractivity contribution in [3.8, 4) is 5.75 Å². The second-order valence-corrected chi connectivity index (χ2v) is 7.60. The van der Waals surface area contributed by atoms with Gasteiger partial charge in [-0.25, -0.2) is 0 Å². The van der Waals surface area contributed by atoms with E-state index in [1.807, 2.05) is 24.3 Å². The van der Waals surface area contributed by atoms with Crippen LogP contribution in [0.15, 0.2) is 34.1 Å². The molecule has 1 aliphatic heterocycles. The van der Waals surface area contributed by atoms with Crippen LogP contribution in [-0.4, -0.2) is 35.5 Å². The van der Waals surface area contributed by atoms with Crippen LogP contribution in [0.5, 0.6) is 5.75 Å². The Hall–Kier alpha value is -1.86. The number of carboxylic acid groups (broad SMARTS) is 1. The van der Waals surface area contributed by atoms with E-state index in [0.29, 0.717) is 17.2 Å². The number of amides is 1. The molecule has 7 heteroatoms. The lowest BCUT2D eigenvalue weighted by Gasteiger charge is -2.32. The van der Waals surface area contributed by atoms with E-state index in [2.05, 4.69) is 15.9 Å². The number of rotatable bonds is 3. The van der Waals surface area contributed by atoms with Crippen LogP contribution in [0.4, 0.5) is 0 Å². The molecule has 1 atom stereocenters. The third-order valence-corrected chi connectivity index (χ3v) is 5.64. The van der Waals surface area contributed by atoms with Crippen LogP contribution in [0, 0.1) is 0 Å². The smallest absolute Gasteiger partial charge is 0.312 e. The number of hydrogen-bond acceptors (Lipinski definition) is 4. The molecule has 1 unspecified atom stereocenters. The highest BCUT2D eigenvalue weighted by molar-refractivity contribution is 9.11. The van der Waals surface area contributed by atoms with Crippen LogP contribution in [0.1, 0.15) is 26.7 Å². The minimum absolute atomic E-state index is 0.170. The van der Waals surface area contributed by atoms with Gasteiger partial charge in [-0.15, -0.1) is 11.3 Å². The molecule has 5 nitrogen and oxygen atoms in total. The van der Waals surface area contributed by atoms with E-state index < -0.39 is 11.9 Å². The molecule has 120 valence electrons. The number of methoxy groups -OCH3 is 1. The molecule has 1 aromatic heterocycles. The molecular weight excluding hydrogens is 382 g/mol. The van der Waals surface area contributed by atoms with Crippen LogP contribution < -0.4 is 4.74 Å². The number of carbonyl (C=O) groups excluding carboxylic acids is 1. The van der Waals surface area contributed by atoms with Gasteiger partial charge in [-0.1, -0.05) is 24.3 Å². The number of benzene rings is 1. The van der Waals surface area contributed by atoms with Gasteiger partial charge < -0.3 is 14.7 Å². The van der Waals surface area contributed by atoms with Gasteiger partial charge >= 0.3 is 5.97 Å². The Kier molecular flexibility index (Phi) is 4.41. The van der Waals surface area contributed by atoms with Crippen LogP contribution >= 0.6 is 27.3 Å². The molecule has 1 amide bonds. The summed E-state index contributed by atoms with van der Waals surface area (Å²) in [4.78, 5) is 26.4. The van der Waals surface area contributed by atoms with Gasteiger partial charge in [0.2, 0.25) is 0 Å². The summed E-state index contributed by atoms with van der Waals surface area (Å²) in [6, 6.07) is 9.05. The molecule has 0 aliphatic carbocycles. The summed E-state index contributed by atoms with van der Waals surface area (Å²) in [5.74, 6) is -1.20. The Bertz CT molecular complexity index is 773. The van der Waals surface area contributed by atoms with Crippen LogP contribution in [0.2, 0.25) is 0 Å². The standard InChI is InChI=1S/C16H14BrNO4S/c1-22-12-6-13(23-14(12)17)15(19)18-7-9-4-2-3-5-10(9)11(8-18)16(20)21/h2-6,11H,7-8H2,1H3,(H,20,21). The highest BCUT2D eigenvalue weighted by Crippen LogP contribution is 2.36. The van der Waals surface area contributed by atoms with Crippen molar-refractivity contribution in [3.63, 3.8) is 0 Å². The molecule has 0 fully saturated rings. The Morgan fingerprint density at radius 3 is 2.78 bits per heavy atom. The summed E-state index contributed by atoms with van der Waals surface area (Å²) in [6.07, 6.45) is 0. The van der Waals surface area contributed by atoms with Gasteiger partial charge in [-0.3, -0.25) is 9.59 Å². The molecule has 0 spiro atoms. The third-order valence-electron chi connectivity index (χ3n) is 3.87. The lowest BCUT2D eigenvalue weighted by molar-refractivity contribution is -0.139. The molecule has 2 heterocycles. The van der Waals surface area contributed by atoms with Crippen molar-refractivity contribution in [3.05, 3.63) is 50.1 Å². The van der Waals surface area contributed by atoms with Crippen molar-refractivity contribution in [2.75, 3.05) is 13.7 Å². The molecule has 1 aliphatic rings. The Balaban J connectivity index is 1.92. The lowest BCUT2D eigenvalue weighted by atomic mass is 9.90. The number of halogens is 1. The van der Waals surface area contributed by atoms with E-state index in [1.54, 1.807) is 18.1 Å². The van der Waals surface area contributed by atoms with Crippen molar-refractivity contribution < 1.29 is 19.4 Å². The van der Waals surface area contributed by atoms with Crippen LogP contribution in [0.3, 0.4) is 0 Å². The zero-order valence-corrected chi connectivity index (χ0v) is 14.7. The number of ether oxygens (including phenoxy) is 1. The maximum atomic E-state index is 12.7. The highest BCUT2D eigenvalue weighted by Gasteiger charge is 2.33. The normalized spacial score (nSPS) is 16.8.